The minimum Gasteiger partial charge on any atom is -0.0991 e. The molecule has 0 saturated carbocycles. The zero-order valence-corrected chi connectivity index (χ0v) is 7.98. The van der Waals surface area contributed by atoms with Gasteiger partial charge in [0.05, 0.1) is 0 Å². The maximum absolute atomic E-state index is 3.67. The van der Waals surface area contributed by atoms with Gasteiger partial charge < -0.3 is 0 Å². The smallest absolute Gasteiger partial charge is 0.0111 e. The molecule has 0 aromatic heterocycles. The summed E-state index contributed by atoms with van der Waals surface area (Å²) in [5, 5.41) is 2.56. The van der Waals surface area contributed by atoms with Crippen molar-refractivity contribution in [3.8, 4) is 0 Å². The second-order valence-corrected chi connectivity index (χ2v) is 3.16. The van der Waals surface area contributed by atoms with E-state index in [-0.39, 0.29) is 0 Å². The van der Waals surface area contributed by atoms with Gasteiger partial charge in [0, 0.05) is 0 Å². The van der Waals surface area contributed by atoms with Crippen molar-refractivity contribution in [1.29, 1.82) is 0 Å². The molecule has 2 rings (SSSR count). The van der Waals surface area contributed by atoms with Crippen molar-refractivity contribution >= 4 is 16.8 Å². The lowest BCUT2D eigenvalue weighted by molar-refractivity contribution is 1.71. The largest absolute Gasteiger partial charge is 0.0991 e. The Morgan fingerprint density at radius 3 is 2.57 bits per heavy atom. The number of rotatable bonds is 2. The van der Waals surface area contributed by atoms with E-state index in [4.69, 9.17) is 0 Å². The van der Waals surface area contributed by atoms with Crippen LogP contribution in [-0.2, 0) is 0 Å². The van der Waals surface area contributed by atoms with Crippen molar-refractivity contribution in [2.24, 2.45) is 0 Å². The zero-order valence-electron chi connectivity index (χ0n) is 7.98. The van der Waals surface area contributed by atoms with Gasteiger partial charge >= 0.3 is 0 Å². The Balaban J connectivity index is 2.64. The lowest BCUT2D eigenvalue weighted by Crippen LogP contribution is -1.76. The molecule has 0 aliphatic heterocycles. The van der Waals surface area contributed by atoms with E-state index in [0.717, 1.165) is 0 Å². The maximum atomic E-state index is 3.67. The minimum absolute atomic E-state index is 1.24. The van der Waals surface area contributed by atoms with E-state index < -0.39 is 0 Å². The zero-order chi connectivity index (χ0) is 9.80. The summed E-state index contributed by atoms with van der Waals surface area (Å²) < 4.78 is 0. The molecule has 2 aromatic carbocycles. The Bertz CT molecular complexity index is 473. The standard InChI is InChI=1S/C14H12/c1-2-3-7-12-9-6-10-13-8-4-5-11-14(12)13/h2-11H,1H2/b7-3-. The Morgan fingerprint density at radius 2 is 1.71 bits per heavy atom. The normalized spacial score (nSPS) is 10.9. The van der Waals surface area contributed by atoms with Gasteiger partial charge in [-0.05, 0) is 16.3 Å². The molecule has 0 heterocycles. The van der Waals surface area contributed by atoms with Crippen LogP contribution in [0.5, 0.6) is 0 Å². The first kappa shape index (κ1) is 8.76. The highest BCUT2D eigenvalue weighted by Gasteiger charge is 1.94. The van der Waals surface area contributed by atoms with Gasteiger partial charge in [0.1, 0.15) is 0 Å². The van der Waals surface area contributed by atoms with E-state index in [1.165, 1.54) is 16.3 Å². The first-order chi connectivity index (χ1) is 6.92. The molecule has 2 aromatic rings. The van der Waals surface area contributed by atoms with E-state index in [0.29, 0.717) is 0 Å². The average Bonchev–Trinajstić information content (AvgIpc) is 2.26. The molecular weight excluding hydrogens is 168 g/mol. The van der Waals surface area contributed by atoms with E-state index in [1.807, 2.05) is 6.08 Å². The lowest BCUT2D eigenvalue weighted by Gasteiger charge is -2.00. The molecule has 0 saturated heterocycles. The summed E-state index contributed by atoms with van der Waals surface area (Å²) in [5.74, 6) is 0. The summed E-state index contributed by atoms with van der Waals surface area (Å²) in [7, 11) is 0. The molecule has 0 atom stereocenters. The number of hydrogen-bond acceptors (Lipinski definition) is 0. The van der Waals surface area contributed by atoms with Gasteiger partial charge in [-0.15, -0.1) is 0 Å². The molecule has 0 aliphatic rings. The van der Waals surface area contributed by atoms with E-state index >= 15 is 0 Å². The minimum atomic E-state index is 1.24. The Kier molecular flexibility index (Phi) is 2.46. The predicted octanol–water partition coefficient (Wildman–Crippen LogP) is 4.04. The Hall–Kier alpha value is -1.82. The Morgan fingerprint density at radius 1 is 0.929 bits per heavy atom. The van der Waals surface area contributed by atoms with Gasteiger partial charge in [0.15, 0.2) is 0 Å². The number of benzene rings is 2. The van der Waals surface area contributed by atoms with Crippen molar-refractivity contribution in [2.45, 2.75) is 0 Å². The van der Waals surface area contributed by atoms with Gasteiger partial charge in [-0.1, -0.05) is 67.3 Å². The van der Waals surface area contributed by atoms with E-state index in [2.05, 4.69) is 55.1 Å². The number of allylic oxidation sites excluding steroid dienone is 2. The molecule has 0 amide bonds. The summed E-state index contributed by atoms with van der Waals surface area (Å²) in [5.41, 5.74) is 1.24. The fourth-order valence-electron chi connectivity index (χ4n) is 1.57. The molecule has 0 spiro atoms. The first-order valence-electron chi connectivity index (χ1n) is 4.68. The third kappa shape index (κ3) is 1.60. The van der Waals surface area contributed by atoms with Gasteiger partial charge in [-0.3, -0.25) is 0 Å². The molecule has 0 nitrogen and oxygen atoms in total. The summed E-state index contributed by atoms with van der Waals surface area (Å²) in [4.78, 5) is 0. The summed E-state index contributed by atoms with van der Waals surface area (Å²) in [6.45, 7) is 3.67. The number of fused-ring (bicyclic) bond motifs is 1. The van der Waals surface area contributed by atoms with Gasteiger partial charge in [0.25, 0.3) is 0 Å². The molecule has 0 unspecified atom stereocenters. The van der Waals surface area contributed by atoms with Crippen LogP contribution in [0.25, 0.3) is 16.8 Å². The van der Waals surface area contributed by atoms with Gasteiger partial charge in [-0.25, -0.2) is 0 Å². The van der Waals surface area contributed by atoms with Crippen LogP contribution in [0.3, 0.4) is 0 Å². The third-order valence-corrected chi connectivity index (χ3v) is 2.24. The van der Waals surface area contributed by atoms with Crippen LogP contribution < -0.4 is 0 Å². The van der Waals surface area contributed by atoms with Crippen LogP contribution >= 0.6 is 0 Å². The van der Waals surface area contributed by atoms with Crippen molar-refractivity contribution in [2.75, 3.05) is 0 Å². The molecule has 68 valence electrons. The summed E-state index contributed by atoms with van der Waals surface area (Å²) in [6.07, 6.45) is 5.83. The van der Waals surface area contributed by atoms with Crippen molar-refractivity contribution in [3.05, 3.63) is 66.8 Å². The predicted molar refractivity (Wildman–Crippen MR) is 63.2 cm³/mol. The quantitative estimate of drug-likeness (QED) is 0.612. The molecular formula is C14H12. The van der Waals surface area contributed by atoms with Crippen LogP contribution in [-0.4, -0.2) is 0 Å². The van der Waals surface area contributed by atoms with Crippen molar-refractivity contribution in [1.82, 2.24) is 0 Å². The van der Waals surface area contributed by atoms with Crippen LogP contribution in [0.4, 0.5) is 0 Å². The summed E-state index contributed by atoms with van der Waals surface area (Å²) in [6, 6.07) is 14.7. The monoisotopic (exact) mass is 180 g/mol. The molecule has 0 N–H and O–H groups in total. The topological polar surface area (TPSA) is 0 Å². The van der Waals surface area contributed by atoms with Crippen molar-refractivity contribution < 1.29 is 0 Å². The number of hydrogen-bond donors (Lipinski definition) is 0. The highest BCUT2D eigenvalue weighted by molar-refractivity contribution is 5.90. The van der Waals surface area contributed by atoms with Crippen LogP contribution in [0.1, 0.15) is 5.56 Å². The van der Waals surface area contributed by atoms with E-state index in [9.17, 15) is 0 Å². The van der Waals surface area contributed by atoms with Crippen LogP contribution in [0, 0.1) is 0 Å². The fraction of sp³-hybridized carbons (Fsp3) is 0. The second kappa shape index (κ2) is 3.93. The lowest BCUT2D eigenvalue weighted by atomic mass is 10.0. The van der Waals surface area contributed by atoms with Crippen LogP contribution in [0.15, 0.2) is 61.2 Å². The maximum Gasteiger partial charge on any atom is -0.0111 e. The molecule has 0 bridgehead atoms. The highest BCUT2D eigenvalue weighted by Crippen LogP contribution is 2.19. The van der Waals surface area contributed by atoms with Gasteiger partial charge in [-0.2, -0.15) is 0 Å². The van der Waals surface area contributed by atoms with Gasteiger partial charge in [0.2, 0.25) is 0 Å². The SMILES string of the molecule is C=C/C=C\c1cccc2ccccc12. The summed E-state index contributed by atoms with van der Waals surface area (Å²) >= 11 is 0. The molecule has 0 heteroatoms. The van der Waals surface area contributed by atoms with Crippen LogP contribution in [0.2, 0.25) is 0 Å². The third-order valence-electron chi connectivity index (χ3n) is 2.24. The Labute approximate surface area is 84.2 Å². The molecule has 14 heavy (non-hydrogen) atoms. The molecule has 0 fully saturated rings. The van der Waals surface area contributed by atoms with Crippen molar-refractivity contribution in [3.63, 3.8) is 0 Å². The second-order valence-electron chi connectivity index (χ2n) is 3.16. The molecule has 0 radical (unpaired) electrons. The average molecular weight is 180 g/mol. The first-order valence-corrected chi connectivity index (χ1v) is 4.68. The molecule has 0 aliphatic carbocycles. The fourth-order valence-corrected chi connectivity index (χ4v) is 1.57. The van der Waals surface area contributed by atoms with E-state index in [1.54, 1.807) is 6.08 Å². The highest BCUT2D eigenvalue weighted by atomic mass is 14.0.